The van der Waals surface area contributed by atoms with Gasteiger partial charge in [-0.25, -0.2) is 4.99 Å². The molecule has 4 rings (SSSR count). The van der Waals surface area contributed by atoms with Crippen molar-refractivity contribution in [2.75, 3.05) is 7.11 Å². The summed E-state index contributed by atoms with van der Waals surface area (Å²) in [5.41, 5.74) is 4.37. The normalized spacial score (nSPS) is 15.3. The van der Waals surface area contributed by atoms with Gasteiger partial charge >= 0.3 is 0 Å². The van der Waals surface area contributed by atoms with Crippen LogP contribution in [0.2, 0.25) is 0 Å². The highest BCUT2D eigenvalue weighted by Gasteiger charge is 2.26. The molecule has 1 aliphatic rings. The molecule has 5 nitrogen and oxygen atoms in total. The number of carbonyl (C=O) groups excluding carboxylic acids is 1. The van der Waals surface area contributed by atoms with E-state index in [1.54, 1.807) is 7.11 Å². The highest BCUT2D eigenvalue weighted by molar-refractivity contribution is 6.17. The summed E-state index contributed by atoms with van der Waals surface area (Å²) in [7, 11) is 1.62. The summed E-state index contributed by atoms with van der Waals surface area (Å²) in [6.45, 7) is 1.98. The van der Waals surface area contributed by atoms with Gasteiger partial charge in [-0.05, 0) is 42.3 Å². The maximum Gasteiger partial charge on any atom is 0.229 e. The first kappa shape index (κ1) is 19.6. The predicted octanol–water partition coefficient (Wildman–Crippen LogP) is 4.97. The molecule has 1 amide bonds. The minimum atomic E-state index is -0.224. The zero-order chi connectivity index (χ0) is 20.9. The van der Waals surface area contributed by atoms with Gasteiger partial charge in [0, 0.05) is 5.71 Å². The number of nitrogens with zero attached hydrogens (tertiary/aromatic N) is 2. The number of carbonyl (C=O) groups is 1. The van der Waals surface area contributed by atoms with Gasteiger partial charge in [0.1, 0.15) is 11.6 Å². The third-order valence-corrected chi connectivity index (χ3v) is 5.03. The van der Waals surface area contributed by atoms with Gasteiger partial charge in [-0.2, -0.15) is 0 Å². The molecule has 30 heavy (non-hydrogen) atoms. The standard InChI is InChI=1S/C25H23N3O2/c1-17-24(19-8-4-3-5-9-19)25(27-22-11-7-6-10-21(22)26-17)28-23(29)16-18-12-14-20(30-2)15-13-18/h3-15,24H,16H2,1-2H3,(H,27,28,29)/t24-/m0/s1. The summed E-state index contributed by atoms with van der Waals surface area (Å²) < 4.78 is 5.18. The molecule has 0 saturated heterocycles. The Balaban J connectivity index is 1.65. The lowest BCUT2D eigenvalue weighted by molar-refractivity contribution is -0.119. The van der Waals surface area contributed by atoms with Crippen molar-refractivity contribution in [1.29, 1.82) is 0 Å². The summed E-state index contributed by atoms with van der Waals surface area (Å²) in [6, 6.07) is 25.2. The van der Waals surface area contributed by atoms with Gasteiger partial charge in [0.05, 0.1) is 30.8 Å². The van der Waals surface area contributed by atoms with Gasteiger partial charge in [0.2, 0.25) is 5.91 Å². The van der Waals surface area contributed by atoms with Crippen LogP contribution in [0.15, 0.2) is 88.8 Å². The fourth-order valence-electron chi connectivity index (χ4n) is 3.56. The molecular formula is C25H23N3O2. The van der Waals surface area contributed by atoms with Crippen molar-refractivity contribution in [3.05, 3.63) is 90.0 Å². The molecule has 5 heteroatoms. The van der Waals surface area contributed by atoms with E-state index in [9.17, 15) is 4.79 Å². The average molecular weight is 397 g/mol. The van der Waals surface area contributed by atoms with Gasteiger partial charge in [0.15, 0.2) is 0 Å². The Morgan fingerprint density at radius 1 is 0.900 bits per heavy atom. The van der Waals surface area contributed by atoms with Crippen molar-refractivity contribution >= 4 is 28.8 Å². The van der Waals surface area contributed by atoms with Crippen LogP contribution < -0.4 is 10.1 Å². The number of fused-ring (bicyclic) bond motifs is 1. The fourth-order valence-corrected chi connectivity index (χ4v) is 3.56. The smallest absolute Gasteiger partial charge is 0.229 e. The molecular weight excluding hydrogens is 374 g/mol. The second kappa shape index (κ2) is 8.74. The second-order valence-electron chi connectivity index (χ2n) is 7.16. The first-order chi connectivity index (χ1) is 14.6. The lowest BCUT2D eigenvalue weighted by Crippen LogP contribution is -2.38. The van der Waals surface area contributed by atoms with Crippen LogP contribution in [0.5, 0.6) is 5.75 Å². The number of nitrogens with one attached hydrogen (secondary N) is 1. The second-order valence-corrected chi connectivity index (χ2v) is 7.16. The number of rotatable bonds is 4. The van der Waals surface area contributed by atoms with Crippen LogP contribution >= 0.6 is 0 Å². The molecule has 0 bridgehead atoms. The minimum absolute atomic E-state index is 0.118. The number of para-hydroxylation sites is 2. The SMILES string of the molecule is COc1ccc(CC(=O)NC2=Nc3ccccc3N=C(C)[C@H]2c2ccccc2)cc1. The van der Waals surface area contributed by atoms with Gasteiger partial charge in [-0.15, -0.1) is 0 Å². The van der Waals surface area contributed by atoms with Crippen molar-refractivity contribution in [2.24, 2.45) is 9.98 Å². The molecule has 3 aromatic carbocycles. The Morgan fingerprint density at radius 2 is 1.53 bits per heavy atom. The van der Waals surface area contributed by atoms with E-state index in [-0.39, 0.29) is 18.2 Å². The molecule has 0 saturated carbocycles. The van der Waals surface area contributed by atoms with Crippen LogP contribution in [0.25, 0.3) is 0 Å². The van der Waals surface area contributed by atoms with E-state index in [2.05, 4.69) is 5.32 Å². The average Bonchev–Trinajstić information content (AvgIpc) is 2.90. The van der Waals surface area contributed by atoms with Gasteiger partial charge in [0.25, 0.3) is 0 Å². The molecule has 1 atom stereocenters. The van der Waals surface area contributed by atoms with Crippen molar-refractivity contribution in [3.63, 3.8) is 0 Å². The molecule has 1 N–H and O–H groups in total. The monoisotopic (exact) mass is 397 g/mol. The molecule has 0 aromatic heterocycles. The van der Waals surface area contributed by atoms with Crippen LogP contribution in [0, 0.1) is 0 Å². The molecule has 1 heterocycles. The van der Waals surface area contributed by atoms with Gasteiger partial charge in [-0.1, -0.05) is 54.6 Å². The number of aliphatic imine (C=N–C) groups is 2. The quantitative estimate of drug-likeness (QED) is 0.675. The Morgan fingerprint density at radius 3 is 2.20 bits per heavy atom. The Kier molecular flexibility index (Phi) is 5.70. The first-order valence-corrected chi connectivity index (χ1v) is 9.84. The van der Waals surface area contributed by atoms with E-state index in [0.29, 0.717) is 5.84 Å². The highest BCUT2D eigenvalue weighted by Crippen LogP contribution is 2.34. The van der Waals surface area contributed by atoms with Gasteiger partial charge in [-0.3, -0.25) is 9.79 Å². The van der Waals surface area contributed by atoms with E-state index < -0.39 is 0 Å². The lowest BCUT2D eigenvalue weighted by atomic mass is 9.93. The largest absolute Gasteiger partial charge is 0.497 e. The molecule has 150 valence electrons. The summed E-state index contributed by atoms with van der Waals surface area (Å²) in [6.07, 6.45) is 0.252. The number of hydrogen-bond acceptors (Lipinski definition) is 4. The van der Waals surface area contributed by atoms with Crippen molar-refractivity contribution < 1.29 is 9.53 Å². The summed E-state index contributed by atoms with van der Waals surface area (Å²) >= 11 is 0. The molecule has 0 aliphatic carbocycles. The zero-order valence-corrected chi connectivity index (χ0v) is 17.0. The third kappa shape index (κ3) is 4.30. The van der Waals surface area contributed by atoms with E-state index in [1.165, 1.54) is 0 Å². The minimum Gasteiger partial charge on any atom is -0.497 e. The van der Waals surface area contributed by atoms with Gasteiger partial charge < -0.3 is 10.1 Å². The lowest BCUT2D eigenvalue weighted by Gasteiger charge is -2.19. The summed E-state index contributed by atoms with van der Waals surface area (Å²) in [5.74, 6) is 1.01. The first-order valence-electron chi connectivity index (χ1n) is 9.84. The maximum atomic E-state index is 12.9. The molecule has 0 fully saturated rings. The number of hydrogen-bond donors (Lipinski definition) is 1. The zero-order valence-electron chi connectivity index (χ0n) is 17.0. The molecule has 3 aromatic rings. The van der Waals surface area contributed by atoms with E-state index in [4.69, 9.17) is 14.7 Å². The molecule has 0 radical (unpaired) electrons. The molecule has 0 spiro atoms. The van der Waals surface area contributed by atoms with E-state index in [0.717, 1.165) is 34.0 Å². The number of benzene rings is 3. The van der Waals surface area contributed by atoms with Crippen LogP contribution in [-0.4, -0.2) is 24.6 Å². The third-order valence-electron chi connectivity index (χ3n) is 5.03. The van der Waals surface area contributed by atoms with E-state index >= 15 is 0 Å². The fraction of sp³-hybridized carbons (Fsp3) is 0.160. The van der Waals surface area contributed by atoms with Crippen molar-refractivity contribution in [2.45, 2.75) is 19.3 Å². The van der Waals surface area contributed by atoms with Crippen LogP contribution in [0.3, 0.4) is 0 Å². The van der Waals surface area contributed by atoms with Crippen molar-refractivity contribution in [3.8, 4) is 5.75 Å². The molecule has 0 unspecified atom stereocenters. The number of ether oxygens (including phenoxy) is 1. The Labute approximate surface area is 176 Å². The van der Waals surface area contributed by atoms with Crippen molar-refractivity contribution in [1.82, 2.24) is 5.32 Å². The number of amides is 1. The number of methoxy groups -OCH3 is 1. The Bertz CT molecular complexity index is 1100. The highest BCUT2D eigenvalue weighted by atomic mass is 16.5. The predicted molar refractivity (Wildman–Crippen MR) is 120 cm³/mol. The molecule has 1 aliphatic heterocycles. The summed E-state index contributed by atoms with van der Waals surface area (Å²) in [4.78, 5) is 22.5. The maximum absolute atomic E-state index is 12.9. The van der Waals surface area contributed by atoms with Crippen LogP contribution in [-0.2, 0) is 11.2 Å². The van der Waals surface area contributed by atoms with E-state index in [1.807, 2.05) is 85.8 Å². The van der Waals surface area contributed by atoms with Crippen LogP contribution in [0.1, 0.15) is 24.0 Å². The Hall–Kier alpha value is -3.73. The number of amidine groups is 1. The topological polar surface area (TPSA) is 63.0 Å². The van der Waals surface area contributed by atoms with Crippen LogP contribution in [0.4, 0.5) is 11.4 Å². The summed E-state index contributed by atoms with van der Waals surface area (Å²) in [5, 5.41) is 3.05.